The van der Waals surface area contributed by atoms with E-state index in [1.807, 2.05) is 0 Å². The minimum atomic E-state index is -3.44. The molecule has 1 heterocycles. The molecule has 1 fully saturated rings. The maximum atomic E-state index is 12.1. The van der Waals surface area contributed by atoms with Gasteiger partial charge in [-0.25, -0.2) is 8.42 Å². The number of sulfonamides is 1. The summed E-state index contributed by atoms with van der Waals surface area (Å²) in [6.45, 7) is 4.21. The molecule has 1 aromatic carbocycles. The first-order valence-corrected chi connectivity index (χ1v) is 9.07. The average Bonchev–Trinajstić information content (AvgIpc) is 2.54. The molecule has 9 heteroatoms. The summed E-state index contributed by atoms with van der Waals surface area (Å²) in [5, 5.41) is 1.72. The van der Waals surface area contributed by atoms with Crippen molar-refractivity contribution >= 4 is 39.1 Å². The lowest BCUT2D eigenvalue weighted by Crippen LogP contribution is -2.51. The number of hydrogen-bond donors (Lipinski definition) is 0. The fourth-order valence-corrected chi connectivity index (χ4v) is 3.47. The summed E-state index contributed by atoms with van der Waals surface area (Å²) in [5.41, 5.74) is 0. The number of nitrogens with zero attached hydrogens (tertiary/aromatic N) is 2. The van der Waals surface area contributed by atoms with Gasteiger partial charge in [-0.2, -0.15) is 4.31 Å². The van der Waals surface area contributed by atoms with E-state index in [-0.39, 0.29) is 25.6 Å². The molecular formula is C14H16Cl2N2O4S. The predicted octanol–water partition coefficient (Wildman–Crippen LogP) is 1.99. The monoisotopic (exact) mass is 378 g/mol. The summed E-state index contributed by atoms with van der Waals surface area (Å²) in [7, 11) is -3.44. The smallest absolute Gasteiger partial charge is 0.260 e. The van der Waals surface area contributed by atoms with Crippen LogP contribution in [0.3, 0.4) is 0 Å². The molecule has 1 aromatic rings. The summed E-state index contributed by atoms with van der Waals surface area (Å²) < 4.78 is 30.0. The Hall–Kier alpha value is -1.28. The second kappa shape index (κ2) is 7.53. The molecule has 23 heavy (non-hydrogen) atoms. The SMILES string of the molecule is C=CS(=O)(=O)N1CCN(C(=O)COc2ccc(Cl)cc2Cl)CC1. The van der Waals surface area contributed by atoms with E-state index in [0.717, 1.165) is 5.41 Å². The Bertz CT molecular complexity index is 701. The number of piperazine rings is 1. The highest BCUT2D eigenvalue weighted by Gasteiger charge is 2.27. The molecule has 0 bridgehead atoms. The van der Waals surface area contributed by atoms with Crippen molar-refractivity contribution in [2.45, 2.75) is 0 Å². The lowest BCUT2D eigenvalue weighted by Gasteiger charge is -2.33. The van der Waals surface area contributed by atoms with E-state index in [0.29, 0.717) is 28.9 Å². The van der Waals surface area contributed by atoms with E-state index >= 15 is 0 Å². The number of ether oxygens (including phenoxy) is 1. The minimum absolute atomic E-state index is 0.171. The van der Waals surface area contributed by atoms with Crippen LogP contribution in [-0.2, 0) is 14.8 Å². The van der Waals surface area contributed by atoms with Crippen LogP contribution in [0, 0.1) is 0 Å². The zero-order chi connectivity index (χ0) is 17.0. The van der Waals surface area contributed by atoms with Gasteiger partial charge in [0.05, 0.1) is 5.02 Å². The number of carbonyl (C=O) groups is 1. The predicted molar refractivity (Wildman–Crippen MR) is 89.2 cm³/mol. The highest BCUT2D eigenvalue weighted by Crippen LogP contribution is 2.27. The maximum Gasteiger partial charge on any atom is 0.260 e. The molecule has 1 saturated heterocycles. The van der Waals surface area contributed by atoms with Crippen LogP contribution < -0.4 is 4.74 Å². The van der Waals surface area contributed by atoms with Crippen molar-refractivity contribution in [2.24, 2.45) is 0 Å². The number of carbonyl (C=O) groups excluding carboxylic acids is 1. The summed E-state index contributed by atoms with van der Waals surface area (Å²) >= 11 is 11.8. The van der Waals surface area contributed by atoms with Gasteiger partial charge in [0, 0.05) is 36.6 Å². The van der Waals surface area contributed by atoms with Gasteiger partial charge in [0.1, 0.15) is 5.75 Å². The normalized spacial score (nSPS) is 16.2. The highest BCUT2D eigenvalue weighted by atomic mass is 35.5. The average molecular weight is 379 g/mol. The Morgan fingerprint density at radius 1 is 1.26 bits per heavy atom. The quantitative estimate of drug-likeness (QED) is 0.785. The van der Waals surface area contributed by atoms with Crippen molar-refractivity contribution < 1.29 is 17.9 Å². The van der Waals surface area contributed by atoms with Gasteiger partial charge in [-0.1, -0.05) is 29.8 Å². The first kappa shape index (κ1) is 18.1. The van der Waals surface area contributed by atoms with Crippen LogP contribution in [0.1, 0.15) is 0 Å². The first-order chi connectivity index (χ1) is 10.8. The molecule has 2 rings (SSSR count). The molecule has 1 aliphatic heterocycles. The molecule has 0 N–H and O–H groups in total. The van der Waals surface area contributed by atoms with Gasteiger partial charge in [-0.15, -0.1) is 0 Å². The third-order valence-corrected chi connectivity index (χ3v) is 5.44. The van der Waals surface area contributed by atoms with Crippen LogP contribution >= 0.6 is 23.2 Å². The molecule has 0 saturated carbocycles. The zero-order valence-electron chi connectivity index (χ0n) is 12.2. The topological polar surface area (TPSA) is 66.9 Å². The van der Waals surface area contributed by atoms with Gasteiger partial charge < -0.3 is 9.64 Å². The first-order valence-electron chi connectivity index (χ1n) is 6.81. The van der Waals surface area contributed by atoms with Crippen molar-refractivity contribution in [3.8, 4) is 5.75 Å². The molecule has 126 valence electrons. The van der Waals surface area contributed by atoms with Gasteiger partial charge in [0.15, 0.2) is 6.61 Å². The Morgan fingerprint density at radius 2 is 1.91 bits per heavy atom. The third-order valence-electron chi connectivity index (χ3n) is 3.41. The third kappa shape index (κ3) is 4.60. The number of benzene rings is 1. The van der Waals surface area contributed by atoms with E-state index in [2.05, 4.69) is 6.58 Å². The lowest BCUT2D eigenvalue weighted by molar-refractivity contribution is -0.134. The fourth-order valence-electron chi connectivity index (χ4n) is 2.12. The summed E-state index contributed by atoms with van der Waals surface area (Å²) in [5.74, 6) is 0.143. The van der Waals surface area contributed by atoms with Crippen LogP contribution in [-0.4, -0.2) is 56.3 Å². The zero-order valence-corrected chi connectivity index (χ0v) is 14.6. The van der Waals surface area contributed by atoms with E-state index in [4.69, 9.17) is 27.9 Å². The standard InChI is InChI=1S/C14H16Cl2N2O4S/c1-2-23(20,21)18-7-5-17(6-8-18)14(19)10-22-13-4-3-11(15)9-12(13)16/h2-4,9H,1,5-8,10H2. The van der Waals surface area contributed by atoms with Crippen molar-refractivity contribution in [3.05, 3.63) is 40.2 Å². The molecule has 0 atom stereocenters. The summed E-state index contributed by atoms with van der Waals surface area (Å²) in [6.07, 6.45) is 0. The van der Waals surface area contributed by atoms with E-state index < -0.39 is 10.0 Å². The number of halogens is 2. The molecule has 0 radical (unpaired) electrons. The lowest BCUT2D eigenvalue weighted by atomic mass is 10.3. The number of rotatable bonds is 5. The molecule has 0 spiro atoms. The summed E-state index contributed by atoms with van der Waals surface area (Å²) in [4.78, 5) is 13.7. The molecule has 1 amide bonds. The van der Waals surface area contributed by atoms with Crippen LogP contribution in [0.4, 0.5) is 0 Å². The summed E-state index contributed by atoms with van der Waals surface area (Å²) in [6, 6.07) is 4.74. The van der Waals surface area contributed by atoms with Crippen molar-refractivity contribution in [2.75, 3.05) is 32.8 Å². The molecule has 0 unspecified atom stereocenters. The Labute approximate surface area is 145 Å². The Balaban J connectivity index is 1.87. The van der Waals surface area contributed by atoms with E-state index in [1.165, 1.54) is 10.4 Å². The Kier molecular flexibility index (Phi) is 5.91. The van der Waals surface area contributed by atoms with Gasteiger partial charge in [-0.3, -0.25) is 4.79 Å². The molecule has 0 aliphatic carbocycles. The largest absolute Gasteiger partial charge is 0.482 e. The molecule has 1 aliphatic rings. The van der Waals surface area contributed by atoms with Crippen LogP contribution in [0.25, 0.3) is 0 Å². The van der Waals surface area contributed by atoms with Gasteiger partial charge in [0.25, 0.3) is 5.91 Å². The maximum absolute atomic E-state index is 12.1. The van der Waals surface area contributed by atoms with Gasteiger partial charge in [0.2, 0.25) is 10.0 Å². The Morgan fingerprint density at radius 3 is 2.48 bits per heavy atom. The van der Waals surface area contributed by atoms with Gasteiger partial charge >= 0.3 is 0 Å². The number of amides is 1. The number of hydrogen-bond acceptors (Lipinski definition) is 4. The highest BCUT2D eigenvalue weighted by molar-refractivity contribution is 7.92. The van der Waals surface area contributed by atoms with Crippen LogP contribution in [0.15, 0.2) is 30.2 Å². The fraction of sp³-hybridized carbons (Fsp3) is 0.357. The molecular weight excluding hydrogens is 363 g/mol. The van der Waals surface area contributed by atoms with Crippen molar-refractivity contribution in [1.29, 1.82) is 0 Å². The second-order valence-electron chi connectivity index (χ2n) is 4.85. The van der Waals surface area contributed by atoms with E-state index in [9.17, 15) is 13.2 Å². The minimum Gasteiger partial charge on any atom is -0.482 e. The second-order valence-corrected chi connectivity index (χ2v) is 7.58. The molecule has 0 aromatic heterocycles. The van der Waals surface area contributed by atoms with Crippen LogP contribution in [0.2, 0.25) is 10.0 Å². The van der Waals surface area contributed by atoms with Gasteiger partial charge in [-0.05, 0) is 18.2 Å². The van der Waals surface area contributed by atoms with E-state index in [1.54, 1.807) is 17.0 Å². The van der Waals surface area contributed by atoms with Crippen molar-refractivity contribution in [1.82, 2.24) is 9.21 Å². The van der Waals surface area contributed by atoms with Crippen LogP contribution in [0.5, 0.6) is 5.75 Å². The molecule has 6 nitrogen and oxygen atoms in total. The van der Waals surface area contributed by atoms with Crippen molar-refractivity contribution in [3.63, 3.8) is 0 Å².